The van der Waals surface area contributed by atoms with E-state index in [0.29, 0.717) is 5.92 Å². The standard InChI is InChI=1S/C20H30S4/c1-6-21-19(22-7-2)14-17(15-20(23-8-3)24-9-4)18-13-11-10-12-16(18)5/h10-15,17H,6-9H2,1-5H3. The predicted molar refractivity (Wildman–Crippen MR) is 123 cm³/mol. The van der Waals surface area contributed by atoms with E-state index >= 15 is 0 Å². The third-order valence-corrected chi connectivity index (χ3v) is 7.58. The molecule has 0 heterocycles. The molecule has 1 rings (SSSR count). The van der Waals surface area contributed by atoms with Crippen molar-refractivity contribution in [3.63, 3.8) is 0 Å². The lowest BCUT2D eigenvalue weighted by Crippen LogP contribution is -1.97. The van der Waals surface area contributed by atoms with Crippen LogP contribution >= 0.6 is 47.0 Å². The van der Waals surface area contributed by atoms with Crippen LogP contribution in [0.2, 0.25) is 0 Å². The maximum atomic E-state index is 2.47. The lowest BCUT2D eigenvalue weighted by atomic mass is 9.95. The molecule has 0 unspecified atom stereocenters. The van der Waals surface area contributed by atoms with E-state index < -0.39 is 0 Å². The van der Waals surface area contributed by atoms with E-state index in [0.717, 1.165) is 23.0 Å². The van der Waals surface area contributed by atoms with E-state index in [2.05, 4.69) is 71.0 Å². The second kappa shape index (κ2) is 13.3. The van der Waals surface area contributed by atoms with Crippen molar-refractivity contribution in [3.05, 3.63) is 56.0 Å². The normalized spacial score (nSPS) is 10.8. The first-order valence-electron chi connectivity index (χ1n) is 8.66. The van der Waals surface area contributed by atoms with Crippen molar-refractivity contribution < 1.29 is 0 Å². The highest BCUT2D eigenvalue weighted by Gasteiger charge is 2.12. The van der Waals surface area contributed by atoms with Crippen LogP contribution in [0.3, 0.4) is 0 Å². The number of hydrogen-bond acceptors (Lipinski definition) is 4. The van der Waals surface area contributed by atoms with Gasteiger partial charge in [0.25, 0.3) is 0 Å². The van der Waals surface area contributed by atoms with Gasteiger partial charge in [-0.15, -0.1) is 47.0 Å². The molecule has 0 atom stereocenters. The fraction of sp³-hybridized carbons (Fsp3) is 0.500. The lowest BCUT2D eigenvalue weighted by Gasteiger charge is -2.16. The van der Waals surface area contributed by atoms with Gasteiger partial charge < -0.3 is 0 Å². The molecule has 0 amide bonds. The molecule has 0 spiro atoms. The van der Waals surface area contributed by atoms with E-state index in [9.17, 15) is 0 Å². The van der Waals surface area contributed by atoms with Gasteiger partial charge in [0.2, 0.25) is 0 Å². The van der Waals surface area contributed by atoms with Gasteiger partial charge in [0.05, 0.1) is 0 Å². The van der Waals surface area contributed by atoms with Crippen LogP contribution in [0.15, 0.2) is 44.9 Å². The molecule has 0 fully saturated rings. The minimum absolute atomic E-state index is 0.354. The van der Waals surface area contributed by atoms with Crippen molar-refractivity contribution in [2.24, 2.45) is 0 Å². The SMILES string of the molecule is CCSC(=CC(C=C(SCC)SCC)c1ccccc1C)SCC. The first-order valence-corrected chi connectivity index (χ1v) is 12.6. The van der Waals surface area contributed by atoms with Gasteiger partial charge >= 0.3 is 0 Å². The molecule has 0 aromatic heterocycles. The Morgan fingerprint density at radius 3 is 1.58 bits per heavy atom. The monoisotopic (exact) mass is 398 g/mol. The van der Waals surface area contributed by atoms with Crippen LogP contribution in [0, 0.1) is 6.92 Å². The van der Waals surface area contributed by atoms with E-state index in [4.69, 9.17) is 0 Å². The topological polar surface area (TPSA) is 0 Å². The van der Waals surface area contributed by atoms with Crippen LogP contribution in [-0.4, -0.2) is 23.0 Å². The zero-order chi connectivity index (χ0) is 17.8. The molecule has 0 radical (unpaired) electrons. The molecule has 0 N–H and O–H groups in total. The van der Waals surface area contributed by atoms with Gasteiger partial charge in [0.1, 0.15) is 0 Å². The number of rotatable bonds is 11. The number of benzene rings is 1. The molecule has 0 aliphatic heterocycles. The summed E-state index contributed by atoms with van der Waals surface area (Å²) in [5, 5.41) is 0. The molecule has 0 saturated carbocycles. The van der Waals surface area contributed by atoms with Crippen molar-refractivity contribution in [1.82, 2.24) is 0 Å². The lowest BCUT2D eigenvalue weighted by molar-refractivity contribution is 1.06. The van der Waals surface area contributed by atoms with Crippen molar-refractivity contribution >= 4 is 47.0 Å². The highest BCUT2D eigenvalue weighted by molar-refractivity contribution is 8.22. The zero-order valence-corrected chi connectivity index (χ0v) is 18.8. The zero-order valence-electron chi connectivity index (χ0n) is 15.5. The molecular weight excluding hydrogens is 368 g/mol. The Labute approximate surface area is 166 Å². The Morgan fingerprint density at radius 1 is 0.792 bits per heavy atom. The molecule has 4 heteroatoms. The van der Waals surface area contributed by atoms with Crippen molar-refractivity contribution in [2.45, 2.75) is 40.5 Å². The number of thioether (sulfide) groups is 4. The molecule has 0 bridgehead atoms. The quantitative estimate of drug-likeness (QED) is 0.373. The minimum atomic E-state index is 0.354. The maximum absolute atomic E-state index is 2.47. The molecule has 0 nitrogen and oxygen atoms in total. The third kappa shape index (κ3) is 7.99. The Kier molecular flexibility index (Phi) is 12.3. The highest BCUT2D eigenvalue weighted by atomic mass is 32.2. The molecule has 24 heavy (non-hydrogen) atoms. The van der Waals surface area contributed by atoms with E-state index in [1.54, 1.807) is 0 Å². The first-order chi connectivity index (χ1) is 11.7. The fourth-order valence-electron chi connectivity index (χ4n) is 2.33. The summed E-state index contributed by atoms with van der Waals surface area (Å²) in [5.74, 6) is 4.87. The molecule has 1 aromatic rings. The highest BCUT2D eigenvalue weighted by Crippen LogP contribution is 2.37. The van der Waals surface area contributed by atoms with Gasteiger partial charge in [-0.3, -0.25) is 0 Å². The number of aryl methyl sites for hydroxylation is 1. The molecule has 0 aliphatic carbocycles. The summed E-state index contributed by atoms with van der Waals surface area (Å²) >= 11 is 7.86. The Bertz CT molecular complexity index is 492. The number of allylic oxidation sites excluding steroid dienone is 2. The first kappa shape index (κ1) is 22.1. The van der Waals surface area contributed by atoms with E-state index in [-0.39, 0.29) is 0 Å². The van der Waals surface area contributed by atoms with Crippen LogP contribution in [0.5, 0.6) is 0 Å². The largest absolute Gasteiger partial charge is 0.120 e. The summed E-state index contributed by atoms with van der Waals surface area (Å²) < 4.78 is 2.90. The van der Waals surface area contributed by atoms with Crippen molar-refractivity contribution in [3.8, 4) is 0 Å². The van der Waals surface area contributed by atoms with Gasteiger partial charge in [-0.2, -0.15) is 0 Å². The summed E-state index contributed by atoms with van der Waals surface area (Å²) in [4.78, 5) is 0. The minimum Gasteiger partial charge on any atom is -0.120 e. The second-order valence-electron chi connectivity index (χ2n) is 5.09. The Balaban J connectivity index is 3.27. The molecule has 134 valence electrons. The van der Waals surface area contributed by atoms with Gasteiger partial charge in [0.15, 0.2) is 0 Å². The maximum Gasteiger partial charge on any atom is 0.0369 e. The van der Waals surface area contributed by atoms with E-state index in [1.807, 2.05) is 47.0 Å². The van der Waals surface area contributed by atoms with Gasteiger partial charge in [0, 0.05) is 14.4 Å². The predicted octanol–water partition coefficient (Wildman–Crippen LogP) is 7.77. The Morgan fingerprint density at radius 2 is 1.21 bits per heavy atom. The summed E-state index contributed by atoms with van der Waals surface area (Å²) in [5.41, 5.74) is 2.80. The van der Waals surface area contributed by atoms with Crippen molar-refractivity contribution in [2.75, 3.05) is 23.0 Å². The van der Waals surface area contributed by atoms with Crippen LogP contribution in [0.1, 0.15) is 44.7 Å². The number of hydrogen-bond donors (Lipinski definition) is 0. The molecular formula is C20H30S4. The summed E-state index contributed by atoms with van der Waals surface area (Å²) in [7, 11) is 0. The average Bonchev–Trinajstić information content (AvgIpc) is 2.55. The van der Waals surface area contributed by atoms with Gasteiger partial charge in [-0.25, -0.2) is 0 Å². The smallest absolute Gasteiger partial charge is 0.0369 e. The van der Waals surface area contributed by atoms with Crippen LogP contribution < -0.4 is 0 Å². The Hall–Kier alpha value is 0.1000. The van der Waals surface area contributed by atoms with Crippen molar-refractivity contribution in [1.29, 1.82) is 0 Å². The third-order valence-electron chi connectivity index (χ3n) is 3.33. The molecule has 0 aliphatic rings. The summed E-state index contributed by atoms with van der Waals surface area (Å²) in [6, 6.07) is 8.80. The van der Waals surface area contributed by atoms with Crippen LogP contribution in [-0.2, 0) is 0 Å². The van der Waals surface area contributed by atoms with Crippen LogP contribution in [0.4, 0.5) is 0 Å². The summed E-state index contributed by atoms with van der Waals surface area (Å²) in [6.07, 6.45) is 4.94. The second-order valence-corrected chi connectivity index (χ2v) is 10.8. The van der Waals surface area contributed by atoms with Gasteiger partial charge in [-0.05, 0) is 41.1 Å². The van der Waals surface area contributed by atoms with Crippen LogP contribution in [0.25, 0.3) is 0 Å². The molecule has 1 aromatic carbocycles. The molecule has 0 saturated heterocycles. The summed E-state index contributed by atoms with van der Waals surface area (Å²) in [6.45, 7) is 11.2. The fourth-order valence-corrected chi connectivity index (χ4v) is 6.52. The van der Waals surface area contributed by atoms with Gasteiger partial charge in [-0.1, -0.05) is 64.1 Å². The average molecular weight is 399 g/mol. The van der Waals surface area contributed by atoms with E-state index in [1.165, 1.54) is 19.6 Å².